The topological polar surface area (TPSA) is 41.5 Å². The first kappa shape index (κ1) is 9.49. The molecule has 1 aliphatic heterocycles. The largest absolute Gasteiger partial charge is 0.496 e. The van der Waals surface area contributed by atoms with Crippen LogP contribution in [0.5, 0.6) is 5.75 Å². The van der Waals surface area contributed by atoms with Crippen LogP contribution in [-0.4, -0.2) is 25.3 Å². The van der Waals surface area contributed by atoms with Gasteiger partial charge in [-0.1, -0.05) is 12.1 Å². The second kappa shape index (κ2) is 3.26. The number of aryl methyl sites for hydroxylation is 1. The summed E-state index contributed by atoms with van der Waals surface area (Å²) in [4.78, 5) is 0. The lowest BCUT2D eigenvalue weighted by Gasteiger charge is -2.38. The monoisotopic (exact) mass is 193 g/mol. The molecule has 0 aliphatic carbocycles. The van der Waals surface area contributed by atoms with E-state index in [1.54, 1.807) is 7.11 Å². The second-order valence-electron chi connectivity index (χ2n) is 3.82. The Bertz CT molecular complexity index is 345. The molecule has 0 atom stereocenters. The summed E-state index contributed by atoms with van der Waals surface area (Å²) < 4.78 is 5.22. The average molecular weight is 193 g/mol. The van der Waals surface area contributed by atoms with Crippen LogP contribution in [0.3, 0.4) is 0 Å². The van der Waals surface area contributed by atoms with Gasteiger partial charge in [0.1, 0.15) is 11.4 Å². The highest BCUT2D eigenvalue weighted by atomic mass is 16.5. The van der Waals surface area contributed by atoms with Crippen LogP contribution < -0.4 is 10.1 Å². The number of methoxy groups -OCH3 is 1. The van der Waals surface area contributed by atoms with E-state index in [-0.39, 0.29) is 0 Å². The molecule has 1 fully saturated rings. The van der Waals surface area contributed by atoms with Gasteiger partial charge in [0.25, 0.3) is 0 Å². The molecule has 1 saturated heterocycles. The lowest BCUT2D eigenvalue weighted by Crippen LogP contribution is -2.56. The smallest absolute Gasteiger partial charge is 0.122 e. The van der Waals surface area contributed by atoms with Crippen molar-refractivity contribution in [2.45, 2.75) is 12.5 Å². The Morgan fingerprint density at radius 3 is 2.64 bits per heavy atom. The van der Waals surface area contributed by atoms with Gasteiger partial charge in [0, 0.05) is 13.1 Å². The molecular weight excluding hydrogens is 178 g/mol. The first-order valence-electron chi connectivity index (χ1n) is 4.74. The zero-order chi connectivity index (χ0) is 10.2. The zero-order valence-corrected chi connectivity index (χ0v) is 8.50. The fourth-order valence-electron chi connectivity index (χ4n) is 1.68. The zero-order valence-electron chi connectivity index (χ0n) is 8.50. The molecule has 0 spiro atoms. The summed E-state index contributed by atoms with van der Waals surface area (Å²) in [5, 5.41) is 13.1. The minimum absolute atomic E-state index is 0.624. The maximum absolute atomic E-state index is 10.1. The highest BCUT2D eigenvalue weighted by Gasteiger charge is 2.36. The van der Waals surface area contributed by atoms with Gasteiger partial charge in [0.15, 0.2) is 0 Å². The van der Waals surface area contributed by atoms with Gasteiger partial charge in [-0.3, -0.25) is 0 Å². The molecule has 3 heteroatoms. The molecule has 0 bridgehead atoms. The summed E-state index contributed by atoms with van der Waals surface area (Å²) in [5.41, 5.74) is 1.33. The van der Waals surface area contributed by atoms with E-state index >= 15 is 0 Å². The van der Waals surface area contributed by atoms with E-state index in [1.165, 1.54) is 0 Å². The summed E-state index contributed by atoms with van der Waals surface area (Å²) in [6.07, 6.45) is 0. The molecule has 0 radical (unpaired) electrons. The van der Waals surface area contributed by atoms with Crippen LogP contribution in [0.4, 0.5) is 0 Å². The molecule has 2 rings (SSSR count). The normalized spacial score (nSPS) is 18.8. The minimum Gasteiger partial charge on any atom is -0.496 e. The lowest BCUT2D eigenvalue weighted by molar-refractivity contribution is -0.0148. The maximum atomic E-state index is 10.1. The number of hydrogen-bond donors (Lipinski definition) is 2. The van der Waals surface area contributed by atoms with Crippen molar-refractivity contribution >= 4 is 0 Å². The van der Waals surface area contributed by atoms with Gasteiger partial charge >= 0.3 is 0 Å². The second-order valence-corrected chi connectivity index (χ2v) is 3.82. The molecular formula is C11H15NO2. The fraction of sp³-hybridized carbons (Fsp3) is 0.455. The van der Waals surface area contributed by atoms with Crippen molar-refractivity contribution in [3.63, 3.8) is 0 Å². The SMILES string of the molecule is COc1cc(C2(O)CNC2)ccc1C. The third-order valence-electron chi connectivity index (χ3n) is 2.78. The van der Waals surface area contributed by atoms with Gasteiger partial charge in [0.2, 0.25) is 0 Å². The van der Waals surface area contributed by atoms with Crippen molar-refractivity contribution < 1.29 is 9.84 Å². The standard InChI is InChI=1S/C11H15NO2/c1-8-3-4-9(5-10(8)14-2)11(13)6-12-7-11/h3-5,12-13H,6-7H2,1-2H3. The molecule has 0 amide bonds. The Hall–Kier alpha value is -1.06. The number of hydrogen-bond acceptors (Lipinski definition) is 3. The molecule has 0 aromatic heterocycles. The van der Waals surface area contributed by atoms with Gasteiger partial charge in [-0.05, 0) is 24.1 Å². The van der Waals surface area contributed by atoms with Gasteiger partial charge in [0.05, 0.1) is 7.11 Å². The Morgan fingerprint density at radius 1 is 1.43 bits per heavy atom. The number of β-amino-alcohol motifs (C(OH)–C–C–N with tert-alkyl or cyclic N) is 1. The molecule has 1 aromatic carbocycles. The van der Waals surface area contributed by atoms with Crippen LogP contribution in [-0.2, 0) is 5.60 Å². The number of aliphatic hydroxyl groups is 1. The molecule has 3 nitrogen and oxygen atoms in total. The third kappa shape index (κ3) is 1.38. The van der Waals surface area contributed by atoms with Crippen molar-refractivity contribution in [3.05, 3.63) is 29.3 Å². The number of rotatable bonds is 2. The average Bonchev–Trinajstić information content (AvgIpc) is 2.15. The molecule has 14 heavy (non-hydrogen) atoms. The third-order valence-corrected chi connectivity index (χ3v) is 2.78. The summed E-state index contributed by atoms with van der Waals surface area (Å²) in [6.45, 7) is 3.24. The molecule has 2 N–H and O–H groups in total. The molecule has 1 aromatic rings. The van der Waals surface area contributed by atoms with E-state index < -0.39 is 5.60 Å². The van der Waals surface area contributed by atoms with Crippen LogP contribution in [0.2, 0.25) is 0 Å². The van der Waals surface area contributed by atoms with Crippen LogP contribution in [0.1, 0.15) is 11.1 Å². The Balaban J connectivity index is 2.35. The highest BCUT2D eigenvalue weighted by Crippen LogP contribution is 2.29. The van der Waals surface area contributed by atoms with E-state index in [0.717, 1.165) is 16.9 Å². The van der Waals surface area contributed by atoms with Crippen molar-refractivity contribution in [1.29, 1.82) is 0 Å². The fourth-order valence-corrected chi connectivity index (χ4v) is 1.68. The summed E-state index contributed by atoms with van der Waals surface area (Å²) in [5.74, 6) is 0.836. The van der Waals surface area contributed by atoms with Crippen molar-refractivity contribution in [1.82, 2.24) is 5.32 Å². The predicted molar refractivity (Wildman–Crippen MR) is 54.5 cm³/mol. The molecule has 0 saturated carbocycles. The molecule has 76 valence electrons. The summed E-state index contributed by atoms with van der Waals surface area (Å²) in [7, 11) is 1.65. The van der Waals surface area contributed by atoms with E-state index in [2.05, 4.69) is 5.32 Å². The predicted octanol–water partition coefficient (Wildman–Crippen LogP) is 0.794. The summed E-state index contributed by atoms with van der Waals surface area (Å²) >= 11 is 0. The van der Waals surface area contributed by atoms with Gasteiger partial charge in [-0.15, -0.1) is 0 Å². The van der Waals surface area contributed by atoms with Gasteiger partial charge in [-0.2, -0.15) is 0 Å². The highest BCUT2D eigenvalue weighted by molar-refractivity contribution is 5.40. The van der Waals surface area contributed by atoms with Gasteiger partial charge < -0.3 is 15.2 Å². The van der Waals surface area contributed by atoms with Gasteiger partial charge in [-0.25, -0.2) is 0 Å². The first-order chi connectivity index (χ1) is 6.65. The summed E-state index contributed by atoms with van der Waals surface area (Å²) in [6, 6.07) is 5.85. The number of ether oxygens (including phenoxy) is 1. The van der Waals surface area contributed by atoms with Crippen LogP contribution >= 0.6 is 0 Å². The Morgan fingerprint density at radius 2 is 2.14 bits per heavy atom. The molecule has 1 aliphatic rings. The maximum Gasteiger partial charge on any atom is 0.122 e. The van der Waals surface area contributed by atoms with Crippen LogP contribution in [0.15, 0.2) is 18.2 Å². The Labute approximate surface area is 83.7 Å². The van der Waals surface area contributed by atoms with E-state index in [9.17, 15) is 5.11 Å². The van der Waals surface area contributed by atoms with Crippen molar-refractivity contribution in [3.8, 4) is 5.75 Å². The van der Waals surface area contributed by atoms with E-state index in [1.807, 2.05) is 25.1 Å². The number of benzene rings is 1. The lowest BCUT2D eigenvalue weighted by atomic mass is 9.87. The van der Waals surface area contributed by atoms with E-state index in [4.69, 9.17) is 4.74 Å². The first-order valence-corrected chi connectivity index (χ1v) is 4.74. The molecule has 1 heterocycles. The van der Waals surface area contributed by atoms with E-state index in [0.29, 0.717) is 13.1 Å². The van der Waals surface area contributed by atoms with Crippen molar-refractivity contribution in [2.24, 2.45) is 0 Å². The molecule has 0 unspecified atom stereocenters. The minimum atomic E-state index is -0.693. The Kier molecular flexibility index (Phi) is 2.21. The van der Waals surface area contributed by atoms with Crippen molar-refractivity contribution in [2.75, 3.05) is 20.2 Å². The van der Waals surface area contributed by atoms with Crippen LogP contribution in [0.25, 0.3) is 0 Å². The van der Waals surface area contributed by atoms with Crippen LogP contribution in [0, 0.1) is 6.92 Å². The quantitative estimate of drug-likeness (QED) is 0.729. The number of nitrogens with one attached hydrogen (secondary N) is 1.